The Hall–Kier alpha value is -1.81. The van der Waals surface area contributed by atoms with Gasteiger partial charge in [0.1, 0.15) is 6.04 Å². The van der Waals surface area contributed by atoms with E-state index in [0.29, 0.717) is 19.6 Å². The largest absolute Gasteiger partial charge is 0.465 e. The van der Waals surface area contributed by atoms with Crippen molar-refractivity contribution in [3.05, 3.63) is 35.5 Å². The van der Waals surface area contributed by atoms with Crippen LogP contribution in [0.3, 0.4) is 0 Å². The monoisotopic (exact) mass is 258 g/mol. The van der Waals surface area contributed by atoms with Gasteiger partial charge >= 0.3 is 5.97 Å². The Morgan fingerprint density at radius 3 is 3.11 bits per heavy atom. The van der Waals surface area contributed by atoms with Crippen molar-refractivity contribution in [3.8, 4) is 0 Å². The maximum absolute atomic E-state index is 11.9. The normalized spacial score (nSPS) is 18.3. The van der Waals surface area contributed by atoms with Gasteiger partial charge < -0.3 is 9.72 Å². The predicted molar refractivity (Wildman–Crippen MR) is 73.9 cm³/mol. The van der Waals surface area contributed by atoms with Gasteiger partial charge in [-0.3, -0.25) is 10.1 Å². The van der Waals surface area contributed by atoms with Gasteiger partial charge in [-0.15, -0.1) is 0 Å². The fourth-order valence-corrected chi connectivity index (χ4v) is 2.61. The summed E-state index contributed by atoms with van der Waals surface area (Å²) in [5.41, 5.74) is 3.56. The van der Waals surface area contributed by atoms with Crippen molar-refractivity contribution < 1.29 is 9.53 Å². The number of esters is 1. The molecule has 0 spiro atoms. The number of aromatic nitrogens is 1. The number of H-pyrrole nitrogens is 1. The van der Waals surface area contributed by atoms with E-state index in [2.05, 4.69) is 22.4 Å². The highest BCUT2D eigenvalue weighted by molar-refractivity contribution is 5.86. The molecule has 0 saturated heterocycles. The maximum Gasteiger partial charge on any atom is 0.323 e. The minimum atomic E-state index is -0.224. The lowest BCUT2D eigenvalue weighted by Crippen LogP contribution is -2.42. The number of carbonyl (C=O) groups excluding carboxylic acids is 1. The smallest absolute Gasteiger partial charge is 0.323 e. The second-order valence-electron chi connectivity index (χ2n) is 4.93. The number of para-hydroxylation sites is 1. The van der Waals surface area contributed by atoms with Gasteiger partial charge in [-0.25, -0.2) is 0 Å². The van der Waals surface area contributed by atoms with Gasteiger partial charge in [-0.1, -0.05) is 25.1 Å². The number of aromatic amines is 1. The summed E-state index contributed by atoms with van der Waals surface area (Å²) in [6, 6.07) is 7.99. The summed E-state index contributed by atoms with van der Waals surface area (Å²) in [5, 5.41) is 4.45. The maximum atomic E-state index is 11.9. The molecule has 100 valence electrons. The molecular formula is C15H18N2O2. The van der Waals surface area contributed by atoms with Crippen LogP contribution in [0.2, 0.25) is 0 Å². The van der Waals surface area contributed by atoms with Crippen molar-refractivity contribution in [3.63, 3.8) is 0 Å². The fourth-order valence-electron chi connectivity index (χ4n) is 2.61. The molecule has 2 heterocycles. The fraction of sp³-hybridized carbons (Fsp3) is 0.400. The van der Waals surface area contributed by atoms with Crippen LogP contribution in [0.5, 0.6) is 0 Å². The lowest BCUT2D eigenvalue weighted by molar-refractivity contribution is -0.146. The molecule has 3 rings (SSSR count). The molecule has 0 radical (unpaired) electrons. The molecule has 1 aromatic carbocycles. The Morgan fingerprint density at radius 1 is 1.42 bits per heavy atom. The molecule has 4 heteroatoms. The van der Waals surface area contributed by atoms with Gasteiger partial charge in [-0.05, 0) is 18.1 Å². The number of nitrogens with one attached hydrogen (secondary N) is 2. The Bertz CT molecular complexity index is 603. The molecular weight excluding hydrogens is 240 g/mol. The molecule has 1 aliphatic heterocycles. The van der Waals surface area contributed by atoms with E-state index in [1.54, 1.807) is 0 Å². The molecule has 2 N–H and O–H groups in total. The average Bonchev–Trinajstić information content (AvgIpc) is 2.82. The van der Waals surface area contributed by atoms with Crippen LogP contribution in [0, 0.1) is 0 Å². The van der Waals surface area contributed by atoms with Crippen LogP contribution >= 0.6 is 0 Å². The number of benzene rings is 1. The quantitative estimate of drug-likeness (QED) is 0.829. The van der Waals surface area contributed by atoms with Gasteiger partial charge in [0.2, 0.25) is 0 Å². The third kappa shape index (κ3) is 2.24. The van der Waals surface area contributed by atoms with E-state index in [1.807, 2.05) is 19.1 Å². The first kappa shape index (κ1) is 12.2. The number of hydrogen-bond donors (Lipinski definition) is 2. The molecule has 0 aliphatic carbocycles. The van der Waals surface area contributed by atoms with Gasteiger partial charge in [-0.2, -0.15) is 0 Å². The molecule has 0 amide bonds. The lowest BCUT2D eigenvalue weighted by atomic mass is 9.99. The molecule has 1 aliphatic rings. The zero-order chi connectivity index (χ0) is 13.2. The molecule has 19 heavy (non-hydrogen) atoms. The van der Waals surface area contributed by atoms with Crippen LogP contribution in [0.25, 0.3) is 10.9 Å². The summed E-state index contributed by atoms with van der Waals surface area (Å²) < 4.78 is 5.22. The predicted octanol–water partition coefficient (Wildman–Crippen LogP) is 2.14. The number of fused-ring (bicyclic) bond motifs is 3. The van der Waals surface area contributed by atoms with E-state index in [0.717, 1.165) is 11.9 Å². The number of hydrogen-bond acceptors (Lipinski definition) is 3. The number of carbonyl (C=O) groups is 1. The summed E-state index contributed by atoms with van der Waals surface area (Å²) in [6.07, 6.45) is 1.55. The van der Waals surface area contributed by atoms with E-state index in [1.165, 1.54) is 16.6 Å². The van der Waals surface area contributed by atoms with Crippen LogP contribution in [-0.2, 0) is 22.5 Å². The van der Waals surface area contributed by atoms with E-state index >= 15 is 0 Å². The lowest BCUT2D eigenvalue weighted by Gasteiger charge is -2.22. The summed E-state index contributed by atoms with van der Waals surface area (Å²) in [6.45, 7) is 3.19. The molecule has 1 atom stereocenters. The highest BCUT2D eigenvalue weighted by Gasteiger charge is 2.27. The summed E-state index contributed by atoms with van der Waals surface area (Å²) in [4.78, 5) is 15.3. The van der Waals surface area contributed by atoms with Crippen molar-refractivity contribution in [1.82, 2.24) is 10.3 Å². The molecule has 4 nitrogen and oxygen atoms in total. The Balaban J connectivity index is 1.84. The van der Waals surface area contributed by atoms with Crippen molar-refractivity contribution >= 4 is 16.9 Å². The number of rotatable bonds is 3. The Labute approximate surface area is 112 Å². The van der Waals surface area contributed by atoms with E-state index in [-0.39, 0.29) is 12.0 Å². The van der Waals surface area contributed by atoms with E-state index < -0.39 is 0 Å². The first-order chi connectivity index (χ1) is 9.29. The standard InChI is InChI=1S/C15H18N2O2/c1-2-7-19-15(18)13-8-11-10-5-3-4-6-12(10)17-14(11)9-16-13/h3-6,13,16-17H,2,7-9H2,1H3/t13-/m0/s1. The molecule has 1 aromatic heterocycles. The molecule has 0 bridgehead atoms. The highest BCUT2D eigenvalue weighted by Crippen LogP contribution is 2.26. The van der Waals surface area contributed by atoms with E-state index in [4.69, 9.17) is 4.74 Å². The third-order valence-corrected chi connectivity index (χ3v) is 3.57. The molecule has 2 aromatic rings. The van der Waals surface area contributed by atoms with Crippen LogP contribution in [0.15, 0.2) is 24.3 Å². The second-order valence-corrected chi connectivity index (χ2v) is 4.93. The molecule has 0 saturated carbocycles. The van der Waals surface area contributed by atoms with Crippen molar-refractivity contribution in [1.29, 1.82) is 0 Å². The first-order valence-corrected chi connectivity index (χ1v) is 6.78. The van der Waals surface area contributed by atoms with Crippen molar-refractivity contribution in [2.75, 3.05) is 6.61 Å². The minimum absolute atomic E-state index is 0.141. The number of ether oxygens (including phenoxy) is 1. The van der Waals surface area contributed by atoms with Crippen LogP contribution in [0.1, 0.15) is 24.6 Å². The second kappa shape index (κ2) is 5.05. The average molecular weight is 258 g/mol. The first-order valence-electron chi connectivity index (χ1n) is 6.78. The molecule has 0 unspecified atom stereocenters. The molecule has 0 fully saturated rings. The van der Waals surface area contributed by atoms with Crippen LogP contribution in [0.4, 0.5) is 0 Å². The van der Waals surface area contributed by atoms with Gasteiger partial charge in [0.05, 0.1) is 6.61 Å². The minimum Gasteiger partial charge on any atom is -0.465 e. The Kier molecular flexibility index (Phi) is 3.25. The summed E-state index contributed by atoms with van der Waals surface area (Å²) >= 11 is 0. The Morgan fingerprint density at radius 2 is 2.26 bits per heavy atom. The van der Waals surface area contributed by atoms with Gasteiger partial charge in [0.25, 0.3) is 0 Å². The zero-order valence-electron chi connectivity index (χ0n) is 11.0. The van der Waals surface area contributed by atoms with Crippen molar-refractivity contribution in [2.45, 2.75) is 32.4 Å². The van der Waals surface area contributed by atoms with Crippen molar-refractivity contribution in [2.24, 2.45) is 0 Å². The van der Waals surface area contributed by atoms with Gasteiger partial charge in [0, 0.05) is 29.6 Å². The van der Waals surface area contributed by atoms with Crippen LogP contribution < -0.4 is 5.32 Å². The van der Waals surface area contributed by atoms with E-state index in [9.17, 15) is 4.79 Å². The zero-order valence-corrected chi connectivity index (χ0v) is 11.0. The van der Waals surface area contributed by atoms with Gasteiger partial charge in [0.15, 0.2) is 0 Å². The highest BCUT2D eigenvalue weighted by atomic mass is 16.5. The summed E-state index contributed by atoms with van der Waals surface area (Å²) in [7, 11) is 0. The topological polar surface area (TPSA) is 54.1 Å². The SMILES string of the molecule is CCCOC(=O)[C@@H]1Cc2c([nH]c3ccccc23)CN1. The summed E-state index contributed by atoms with van der Waals surface area (Å²) in [5.74, 6) is -0.141. The van der Waals surface area contributed by atoms with Crippen LogP contribution in [-0.4, -0.2) is 23.6 Å². The third-order valence-electron chi connectivity index (χ3n) is 3.57.